The Hall–Kier alpha value is -0.500. The number of benzene rings is 1. The third-order valence-corrected chi connectivity index (χ3v) is 4.90. The van der Waals surface area contributed by atoms with E-state index < -0.39 is 16.7 Å². The molecule has 102 valence electrons. The van der Waals surface area contributed by atoms with Crippen molar-refractivity contribution in [3.05, 3.63) is 27.7 Å². The van der Waals surface area contributed by atoms with E-state index in [9.17, 15) is 12.8 Å². The van der Waals surface area contributed by atoms with E-state index in [0.717, 1.165) is 5.56 Å². The highest BCUT2D eigenvalue weighted by atomic mass is 79.9. The quantitative estimate of drug-likeness (QED) is 0.777. The number of halogens is 2. The van der Waals surface area contributed by atoms with Crippen molar-refractivity contribution in [2.75, 3.05) is 13.2 Å². The second kappa shape index (κ2) is 6.60. The van der Waals surface area contributed by atoms with E-state index in [4.69, 9.17) is 5.73 Å². The summed E-state index contributed by atoms with van der Waals surface area (Å²) in [5.74, 6) is 0. The molecule has 1 aromatic rings. The maximum absolute atomic E-state index is 12.1. The molecule has 7 heteroatoms. The second-order valence-electron chi connectivity index (χ2n) is 3.85. The molecule has 0 saturated carbocycles. The van der Waals surface area contributed by atoms with Crippen LogP contribution >= 0.6 is 15.9 Å². The average Bonchev–Trinajstić information content (AvgIpc) is 2.32. The van der Waals surface area contributed by atoms with E-state index in [-0.39, 0.29) is 24.4 Å². The van der Waals surface area contributed by atoms with Gasteiger partial charge in [0.1, 0.15) is 0 Å². The SMILES string of the molecule is Cc1c(Br)cc(CN)cc1S(=O)(=O)NCCCF. The van der Waals surface area contributed by atoms with Gasteiger partial charge in [-0.25, -0.2) is 13.1 Å². The van der Waals surface area contributed by atoms with Crippen molar-refractivity contribution < 1.29 is 12.8 Å². The first kappa shape index (κ1) is 15.6. The lowest BCUT2D eigenvalue weighted by molar-refractivity contribution is 0.470. The summed E-state index contributed by atoms with van der Waals surface area (Å²) in [6, 6.07) is 3.33. The van der Waals surface area contributed by atoms with Gasteiger partial charge in [0.15, 0.2) is 0 Å². The molecule has 0 unspecified atom stereocenters. The Morgan fingerprint density at radius 2 is 2.11 bits per heavy atom. The minimum atomic E-state index is -3.62. The van der Waals surface area contributed by atoms with Crippen LogP contribution in [0.3, 0.4) is 0 Å². The normalized spacial score (nSPS) is 11.8. The highest BCUT2D eigenvalue weighted by Gasteiger charge is 2.18. The summed E-state index contributed by atoms with van der Waals surface area (Å²) in [6.45, 7) is 1.50. The van der Waals surface area contributed by atoms with Crippen LogP contribution in [0.25, 0.3) is 0 Å². The number of rotatable bonds is 6. The van der Waals surface area contributed by atoms with Crippen LogP contribution in [0.15, 0.2) is 21.5 Å². The predicted octanol–water partition coefficient (Wildman–Crippen LogP) is 1.85. The van der Waals surface area contributed by atoms with Crippen LogP contribution in [0.2, 0.25) is 0 Å². The van der Waals surface area contributed by atoms with E-state index in [2.05, 4.69) is 20.7 Å². The van der Waals surface area contributed by atoms with E-state index in [1.165, 1.54) is 6.07 Å². The molecule has 0 heterocycles. The Morgan fingerprint density at radius 1 is 1.44 bits per heavy atom. The standard InChI is InChI=1S/C11H16BrFN2O2S/c1-8-10(12)5-9(7-14)6-11(8)18(16,17)15-4-2-3-13/h5-6,15H,2-4,7,14H2,1H3. The highest BCUT2D eigenvalue weighted by molar-refractivity contribution is 9.10. The molecule has 0 atom stereocenters. The topological polar surface area (TPSA) is 72.2 Å². The first-order chi connectivity index (χ1) is 8.42. The molecule has 4 nitrogen and oxygen atoms in total. The summed E-state index contributed by atoms with van der Waals surface area (Å²) in [5.41, 5.74) is 6.85. The van der Waals surface area contributed by atoms with Crippen LogP contribution in [0.4, 0.5) is 4.39 Å². The predicted molar refractivity (Wildman–Crippen MR) is 72.6 cm³/mol. The lowest BCUT2D eigenvalue weighted by Crippen LogP contribution is -2.26. The Morgan fingerprint density at radius 3 is 2.67 bits per heavy atom. The van der Waals surface area contributed by atoms with Crippen molar-refractivity contribution in [1.29, 1.82) is 0 Å². The third kappa shape index (κ3) is 3.74. The van der Waals surface area contributed by atoms with Crippen molar-refractivity contribution in [3.8, 4) is 0 Å². The molecule has 0 amide bonds. The van der Waals surface area contributed by atoms with Gasteiger partial charge < -0.3 is 5.73 Å². The Bertz CT molecular complexity index is 520. The van der Waals surface area contributed by atoms with Crippen molar-refractivity contribution in [2.45, 2.75) is 24.8 Å². The molecule has 0 bridgehead atoms. The van der Waals surface area contributed by atoms with Crippen molar-refractivity contribution in [2.24, 2.45) is 5.73 Å². The lowest BCUT2D eigenvalue weighted by atomic mass is 10.1. The molecule has 0 saturated heterocycles. The van der Waals surface area contributed by atoms with Gasteiger partial charge in [0.25, 0.3) is 0 Å². The fraction of sp³-hybridized carbons (Fsp3) is 0.455. The average molecular weight is 339 g/mol. The molecule has 1 aromatic carbocycles. The number of hydrogen-bond donors (Lipinski definition) is 2. The molecule has 1 rings (SSSR count). The zero-order valence-corrected chi connectivity index (χ0v) is 12.4. The van der Waals surface area contributed by atoms with Crippen molar-refractivity contribution in [1.82, 2.24) is 4.72 Å². The molecule has 0 fully saturated rings. The van der Waals surface area contributed by atoms with E-state index in [0.29, 0.717) is 10.0 Å². The Labute approximate surface area is 115 Å². The molecular formula is C11H16BrFN2O2S. The molecule has 0 aromatic heterocycles. The van der Waals surface area contributed by atoms with Gasteiger partial charge in [-0.3, -0.25) is 4.39 Å². The maximum Gasteiger partial charge on any atom is 0.240 e. The Kier molecular flexibility index (Phi) is 5.71. The maximum atomic E-state index is 12.1. The van der Waals surface area contributed by atoms with Gasteiger partial charge in [0.2, 0.25) is 10.0 Å². The molecule has 18 heavy (non-hydrogen) atoms. The summed E-state index contributed by atoms with van der Waals surface area (Å²) >= 11 is 3.30. The van der Waals surface area contributed by atoms with E-state index in [1.807, 2.05) is 0 Å². The van der Waals surface area contributed by atoms with Gasteiger partial charge in [-0.05, 0) is 36.6 Å². The van der Waals surface area contributed by atoms with Gasteiger partial charge in [-0.1, -0.05) is 15.9 Å². The zero-order valence-electron chi connectivity index (χ0n) is 10.0. The fourth-order valence-corrected chi connectivity index (χ4v) is 3.48. The summed E-state index contributed by atoms with van der Waals surface area (Å²) in [6.07, 6.45) is 0.163. The number of nitrogens with two attached hydrogens (primary N) is 1. The monoisotopic (exact) mass is 338 g/mol. The molecule has 0 radical (unpaired) electrons. The van der Waals surface area contributed by atoms with Gasteiger partial charge in [0.05, 0.1) is 11.6 Å². The minimum absolute atomic E-state index is 0.0861. The van der Waals surface area contributed by atoms with Crippen LogP contribution in [0, 0.1) is 6.92 Å². The second-order valence-corrected chi connectivity index (χ2v) is 6.43. The van der Waals surface area contributed by atoms with Crippen molar-refractivity contribution >= 4 is 26.0 Å². The van der Waals surface area contributed by atoms with E-state index >= 15 is 0 Å². The summed E-state index contributed by atoms with van der Waals surface area (Å²) in [4.78, 5) is 0.177. The van der Waals surface area contributed by atoms with Gasteiger partial charge >= 0.3 is 0 Å². The van der Waals surface area contributed by atoms with Crippen LogP contribution in [-0.2, 0) is 16.6 Å². The van der Waals surface area contributed by atoms with E-state index in [1.54, 1.807) is 13.0 Å². The minimum Gasteiger partial charge on any atom is -0.326 e. The van der Waals surface area contributed by atoms with Gasteiger partial charge in [-0.15, -0.1) is 0 Å². The summed E-state index contributed by atoms with van der Waals surface area (Å²) < 4.78 is 39.1. The Balaban J connectivity index is 3.11. The number of alkyl halides is 1. The molecule has 0 aliphatic carbocycles. The largest absolute Gasteiger partial charge is 0.326 e. The lowest BCUT2D eigenvalue weighted by Gasteiger charge is -2.12. The fourth-order valence-electron chi connectivity index (χ4n) is 1.46. The number of sulfonamides is 1. The molecular weight excluding hydrogens is 323 g/mol. The number of hydrogen-bond acceptors (Lipinski definition) is 3. The third-order valence-electron chi connectivity index (χ3n) is 2.48. The number of nitrogens with one attached hydrogen (secondary N) is 1. The first-order valence-electron chi connectivity index (χ1n) is 5.47. The summed E-state index contributed by atoms with van der Waals surface area (Å²) in [7, 11) is -3.62. The van der Waals surface area contributed by atoms with Crippen molar-refractivity contribution in [3.63, 3.8) is 0 Å². The molecule has 0 aliphatic rings. The first-order valence-corrected chi connectivity index (χ1v) is 7.74. The van der Waals surface area contributed by atoms with Crippen LogP contribution < -0.4 is 10.5 Å². The van der Waals surface area contributed by atoms with Gasteiger partial charge in [-0.2, -0.15) is 0 Å². The van der Waals surface area contributed by atoms with Crippen LogP contribution in [0.5, 0.6) is 0 Å². The summed E-state index contributed by atoms with van der Waals surface area (Å²) in [5, 5.41) is 0. The van der Waals surface area contributed by atoms with Gasteiger partial charge in [0, 0.05) is 17.6 Å². The van der Waals surface area contributed by atoms with Crippen LogP contribution in [0.1, 0.15) is 17.5 Å². The molecule has 0 spiro atoms. The molecule has 3 N–H and O–H groups in total. The molecule has 0 aliphatic heterocycles. The smallest absolute Gasteiger partial charge is 0.240 e. The van der Waals surface area contributed by atoms with Crippen LogP contribution in [-0.4, -0.2) is 21.6 Å². The highest BCUT2D eigenvalue weighted by Crippen LogP contribution is 2.25. The zero-order chi connectivity index (χ0) is 13.8.